The zero-order chi connectivity index (χ0) is 14.7. The molecule has 0 atom stereocenters. The maximum Gasteiger partial charge on any atom is 0.273 e. The van der Waals surface area contributed by atoms with Crippen LogP contribution in [0.2, 0.25) is 10.0 Å². The molecule has 0 unspecified atom stereocenters. The predicted octanol–water partition coefficient (Wildman–Crippen LogP) is 2.05. The number of halogens is 2. The lowest BCUT2D eigenvalue weighted by Gasteiger charge is -2.04. The molecule has 2 heterocycles. The van der Waals surface area contributed by atoms with Gasteiger partial charge in [-0.2, -0.15) is 10.2 Å². The lowest BCUT2D eigenvalue weighted by molar-refractivity contribution is 0.0947. The smallest absolute Gasteiger partial charge is 0.273 e. The van der Waals surface area contributed by atoms with E-state index >= 15 is 0 Å². The molecule has 2 aromatic heterocycles. The highest BCUT2D eigenvalue weighted by Crippen LogP contribution is 2.13. The van der Waals surface area contributed by atoms with E-state index in [1.807, 2.05) is 6.92 Å². The minimum Gasteiger partial charge on any atom is -0.351 e. The highest BCUT2D eigenvalue weighted by molar-refractivity contribution is 6.33. The van der Waals surface area contributed by atoms with Crippen LogP contribution in [0, 0.1) is 6.92 Å². The van der Waals surface area contributed by atoms with Crippen LogP contribution in [0.25, 0.3) is 0 Å². The molecule has 0 aliphatic carbocycles. The first-order chi connectivity index (χ1) is 9.47. The van der Waals surface area contributed by atoms with Gasteiger partial charge >= 0.3 is 0 Å². The number of aryl methyl sites for hydroxylation is 3. The minimum atomic E-state index is -0.273. The number of amides is 1. The van der Waals surface area contributed by atoms with Gasteiger partial charge in [-0.05, 0) is 13.3 Å². The molecule has 1 amide bonds. The number of hydrogen-bond donors (Lipinski definition) is 1. The molecule has 1 N–H and O–H groups in total. The summed E-state index contributed by atoms with van der Waals surface area (Å²) in [5.41, 5.74) is 1.04. The molecular weight excluding hydrogens is 301 g/mol. The van der Waals surface area contributed by atoms with E-state index in [1.165, 1.54) is 4.68 Å². The summed E-state index contributed by atoms with van der Waals surface area (Å²) in [5, 5.41) is 12.0. The first-order valence-corrected chi connectivity index (χ1v) is 6.90. The quantitative estimate of drug-likeness (QED) is 0.859. The molecule has 0 saturated carbocycles. The Kier molecular flexibility index (Phi) is 4.67. The number of nitrogens with one attached hydrogen (secondary N) is 1. The fourth-order valence-electron chi connectivity index (χ4n) is 1.75. The van der Waals surface area contributed by atoms with E-state index in [4.69, 9.17) is 23.2 Å². The maximum absolute atomic E-state index is 11.8. The third-order valence-corrected chi connectivity index (χ3v) is 3.38. The van der Waals surface area contributed by atoms with Crippen molar-refractivity contribution < 1.29 is 4.79 Å². The topological polar surface area (TPSA) is 64.7 Å². The van der Waals surface area contributed by atoms with Gasteiger partial charge in [0.1, 0.15) is 0 Å². The Morgan fingerprint density at radius 1 is 1.30 bits per heavy atom. The molecule has 108 valence electrons. The van der Waals surface area contributed by atoms with Gasteiger partial charge in [0, 0.05) is 32.5 Å². The fraction of sp³-hybridized carbons (Fsp3) is 0.417. The predicted molar refractivity (Wildman–Crippen MR) is 77.1 cm³/mol. The van der Waals surface area contributed by atoms with Crippen LogP contribution >= 0.6 is 23.2 Å². The Morgan fingerprint density at radius 3 is 2.60 bits per heavy atom. The monoisotopic (exact) mass is 315 g/mol. The highest BCUT2D eigenvalue weighted by atomic mass is 35.5. The molecule has 8 heteroatoms. The van der Waals surface area contributed by atoms with Crippen LogP contribution in [0.3, 0.4) is 0 Å². The molecule has 2 aromatic rings. The van der Waals surface area contributed by atoms with Crippen molar-refractivity contribution in [1.82, 2.24) is 24.9 Å². The molecular formula is C12H15Cl2N5O. The molecule has 0 aliphatic heterocycles. The summed E-state index contributed by atoms with van der Waals surface area (Å²) in [4.78, 5) is 11.8. The minimum absolute atomic E-state index is 0.243. The van der Waals surface area contributed by atoms with Crippen LogP contribution in [-0.2, 0) is 13.6 Å². The molecule has 0 aromatic carbocycles. The van der Waals surface area contributed by atoms with Gasteiger partial charge in [-0.1, -0.05) is 23.2 Å². The summed E-state index contributed by atoms with van der Waals surface area (Å²) in [6.45, 7) is 3.05. The summed E-state index contributed by atoms with van der Waals surface area (Å²) in [7, 11) is 1.71. The van der Waals surface area contributed by atoms with Crippen LogP contribution in [0.4, 0.5) is 0 Å². The Labute approximate surface area is 126 Å². The van der Waals surface area contributed by atoms with Gasteiger partial charge in [0.2, 0.25) is 0 Å². The fourth-order valence-corrected chi connectivity index (χ4v) is 2.16. The molecule has 0 bridgehead atoms. The largest absolute Gasteiger partial charge is 0.351 e. The van der Waals surface area contributed by atoms with Gasteiger partial charge in [0.25, 0.3) is 5.91 Å². The molecule has 0 radical (unpaired) electrons. The molecule has 2 rings (SSSR count). The average Bonchev–Trinajstić information content (AvgIpc) is 2.88. The van der Waals surface area contributed by atoms with Crippen molar-refractivity contribution in [1.29, 1.82) is 0 Å². The maximum atomic E-state index is 11.8. The summed E-state index contributed by atoms with van der Waals surface area (Å²) in [5.74, 6) is -0.273. The van der Waals surface area contributed by atoms with Gasteiger partial charge < -0.3 is 5.32 Å². The third kappa shape index (κ3) is 3.52. The van der Waals surface area contributed by atoms with E-state index in [2.05, 4.69) is 15.5 Å². The Bertz CT molecular complexity index is 600. The molecule has 0 spiro atoms. The van der Waals surface area contributed by atoms with Crippen molar-refractivity contribution in [2.24, 2.45) is 7.05 Å². The van der Waals surface area contributed by atoms with Crippen molar-refractivity contribution in [3.05, 3.63) is 33.8 Å². The second-order valence-corrected chi connectivity index (χ2v) is 5.25. The van der Waals surface area contributed by atoms with Crippen molar-refractivity contribution in [2.45, 2.75) is 19.9 Å². The van der Waals surface area contributed by atoms with E-state index in [0.717, 1.165) is 12.1 Å². The number of aromatic nitrogens is 4. The zero-order valence-electron chi connectivity index (χ0n) is 11.2. The van der Waals surface area contributed by atoms with Crippen LogP contribution in [0.15, 0.2) is 12.4 Å². The Hall–Kier alpha value is -1.53. The average molecular weight is 316 g/mol. The number of hydrogen-bond acceptors (Lipinski definition) is 3. The van der Waals surface area contributed by atoms with Crippen molar-refractivity contribution in [3.8, 4) is 0 Å². The van der Waals surface area contributed by atoms with E-state index < -0.39 is 0 Å². The van der Waals surface area contributed by atoms with Gasteiger partial charge in [0.15, 0.2) is 5.69 Å². The summed E-state index contributed by atoms with van der Waals surface area (Å²) in [6.07, 6.45) is 4.10. The Balaban J connectivity index is 1.78. The normalized spacial score (nSPS) is 10.8. The molecule has 0 fully saturated rings. The van der Waals surface area contributed by atoms with Crippen molar-refractivity contribution in [2.75, 3.05) is 6.54 Å². The van der Waals surface area contributed by atoms with Gasteiger partial charge in [0.05, 0.1) is 15.7 Å². The summed E-state index contributed by atoms with van der Waals surface area (Å²) in [6, 6.07) is 0. The van der Waals surface area contributed by atoms with E-state index in [9.17, 15) is 4.79 Å². The first kappa shape index (κ1) is 14.9. The Morgan fingerprint density at radius 2 is 2.05 bits per heavy atom. The van der Waals surface area contributed by atoms with Crippen molar-refractivity contribution >= 4 is 29.1 Å². The number of nitrogens with zero attached hydrogens (tertiary/aromatic N) is 4. The molecule has 0 aliphatic rings. The van der Waals surface area contributed by atoms with Crippen LogP contribution in [-0.4, -0.2) is 32.0 Å². The SMILES string of the molecule is Cc1nn(CCCNC(=O)c2nn(C)cc2Cl)cc1Cl. The molecule has 20 heavy (non-hydrogen) atoms. The van der Waals surface area contributed by atoms with E-state index in [-0.39, 0.29) is 11.6 Å². The number of carbonyl (C=O) groups excluding carboxylic acids is 1. The van der Waals surface area contributed by atoms with Crippen molar-refractivity contribution in [3.63, 3.8) is 0 Å². The zero-order valence-corrected chi connectivity index (χ0v) is 12.7. The van der Waals surface area contributed by atoms with E-state index in [1.54, 1.807) is 24.1 Å². The van der Waals surface area contributed by atoms with Gasteiger partial charge in [-0.15, -0.1) is 0 Å². The van der Waals surface area contributed by atoms with Crippen LogP contribution < -0.4 is 5.32 Å². The van der Waals surface area contributed by atoms with Gasteiger partial charge in [-0.3, -0.25) is 14.2 Å². The number of rotatable bonds is 5. The van der Waals surface area contributed by atoms with Crippen LogP contribution in [0.5, 0.6) is 0 Å². The lowest BCUT2D eigenvalue weighted by Crippen LogP contribution is -2.26. The summed E-state index contributed by atoms with van der Waals surface area (Å²) < 4.78 is 3.27. The standard InChI is InChI=1S/C12H15Cl2N5O/c1-8-9(13)7-19(16-8)5-3-4-15-12(20)11-10(14)6-18(2)17-11/h6-7H,3-5H2,1-2H3,(H,15,20). The summed E-state index contributed by atoms with van der Waals surface area (Å²) >= 11 is 11.8. The molecule has 0 saturated heterocycles. The number of carbonyl (C=O) groups is 1. The first-order valence-electron chi connectivity index (χ1n) is 6.14. The molecule has 6 nitrogen and oxygen atoms in total. The lowest BCUT2D eigenvalue weighted by atomic mass is 10.3. The third-order valence-electron chi connectivity index (χ3n) is 2.74. The van der Waals surface area contributed by atoms with Crippen LogP contribution in [0.1, 0.15) is 22.6 Å². The van der Waals surface area contributed by atoms with Gasteiger partial charge in [-0.25, -0.2) is 0 Å². The van der Waals surface area contributed by atoms with E-state index in [0.29, 0.717) is 23.1 Å². The second-order valence-electron chi connectivity index (χ2n) is 4.43. The second kappa shape index (κ2) is 6.28. The highest BCUT2D eigenvalue weighted by Gasteiger charge is 2.13.